The van der Waals surface area contributed by atoms with Gasteiger partial charge in [0, 0.05) is 6.54 Å². The van der Waals surface area contributed by atoms with E-state index in [9.17, 15) is 4.79 Å². The molecular weight excluding hydrogens is 302 g/mol. The predicted octanol–water partition coefficient (Wildman–Crippen LogP) is 3.52. The number of nitrogens with one attached hydrogen (secondary N) is 1. The lowest BCUT2D eigenvalue weighted by atomic mass is 10.1. The van der Waals surface area contributed by atoms with Crippen LogP contribution in [0.25, 0.3) is 0 Å². The van der Waals surface area contributed by atoms with E-state index in [-0.39, 0.29) is 12.5 Å². The van der Waals surface area contributed by atoms with Crippen molar-refractivity contribution in [3.63, 3.8) is 0 Å². The summed E-state index contributed by atoms with van der Waals surface area (Å²) in [7, 11) is 0. The molecule has 0 saturated heterocycles. The van der Waals surface area contributed by atoms with Gasteiger partial charge in [-0.3, -0.25) is 4.79 Å². The van der Waals surface area contributed by atoms with Crippen molar-refractivity contribution in [3.05, 3.63) is 59.7 Å². The maximum absolute atomic E-state index is 11.8. The summed E-state index contributed by atoms with van der Waals surface area (Å²) >= 11 is 0. The van der Waals surface area contributed by atoms with Crippen LogP contribution in [-0.2, 0) is 11.2 Å². The number of aryl methyl sites for hydroxylation is 2. The second-order valence-electron chi connectivity index (χ2n) is 5.60. The van der Waals surface area contributed by atoms with E-state index in [1.54, 1.807) is 0 Å². The fourth-order valence-corrected chi connectivity index (χ4v) is 2.42. The summed E-state index contributed by atoms with van der Waals surface area (Å²) in [6, 6.07) is 15.7. The number of carbonyl (C=O) groups is 1. The van der Waals surface area contributed by atoms with Crippen LogP contribution >= 0.6 is 0 Å². The number of ether oxygens (including phenoxy) is 2. The monoisotopic (exact) mass is 327 g/mol. The minimum atomic E-state index is -0.102. The van der Waals surface area contributed by atoms with Crippen molar-refractivity contribution >= 4 is 5.91 Å². The van der Waals surface area contributed by atoms with Crippen LogP contribution < -0.4 is 14.8 Å². The molecule has 4 nitrogen and oxygen atoms in total. The normalized spacial score (nSPS) is 10.2. The van der Waals surface area contributed by atoms with Gasteiger partial charge in [-0.15, -0.1) is 0 Å². The first-order chi connectivity index (χ1) is 11.7. The number of benzene rings is 2. The third kappa shape index (κ3) is 5.95. The van der Waals surface area contributed by atoms with Crippen molar-refractivity contribution in [1.82, 2.24) is 5.32 Å². The van der Waals surface area contributed by atoms with Crippen molar-refractivity contribution in [2.75, 3.05) is 19.8 Å². The molecule has 0 fully saturated rings. The molecule has 0 radical (unpaired) electrons. The van der Waals surface area contributed by atoms with Gasteiger partial charge in [0.25, 0.3) is 5.91 Å². The topological polar surface area (TPSA) is 47.6 Å². The fourth-order valence-electron chi connectivity index (χ4n) is 2.42. The van der Waals surface area contributed by atoms with Crippen LogP contribution in [0, 0.1) is 6.92 Å². The van der Waals surface area contributed by atoms with E-state index in [0.717, 1.165) is 29.9 Å². The van der Waals surface area contributed by atoms with Crippen molar-refractivity contribution in [2.45, 2.75) is 26.7 Å². The SMILES string of the molecule is CCOc1ccccc1CCCNC(=O)COc1cccc(C)c1. The van der Waals surface area contributed by atoms with Gasteiger partial charge in [0.05, 0.1) is 6.61 Å². The molecule has 0 atom stereocenters. The van der Waals surface area contributed by atoms with Crippen molar-refractivity contribution in [3.8, 4) is 11.5 Å². The van der Waals surface area contributed by atoms with E-state index in [1.165, 1.54) is 5.56 Å². The average molecular weight is 327 g/mol. The van der Waals surface area contributed by atoms with Gasteiger partial charge >= 0.3 is 0 Å². The molecule has 0 spiro atoms. The second kappa shape index (κ2) is 9.60. The largest absolute Gasteiger partial charge is 0.494 e. The molecule has 4 heteroatoms. The summed E-state index contributed by atoms with van der Waals surface area (Å²) < 4.78 is 11.1. The van der Waals surface area contributed by atoms with E-state index < -0.39 is 0 Å². The zero-order valence-electron chi connectivity index (χ0n) is 14.4. The molecule has 2 rings (SSSR count). The Labute approximate surface area is 143 Å². The molecule has 0 aromatic heterocycles. The molecule has 0 aliphatic carbocycles. The Morgan fingerprint density at radius 3 is 2.71 bits per heavy atom. The lowest BCUT2D eigenvalue weighted by Gasteiger charge is -2.10. The third-order valence-corrected chi connectivity index (χ3v) is 3.58. The van der Waals surface area contributed by atoms with Gasteiger partial charge in [-0.05, 0) is 56.0 Å². The van der Waals surface area contributed by atoms with Crippen molar-refractivity contribution in [1.29, 1.82) is 0 Å². The number of hydrogen-bond donors (Lipinski definition) is 1. The minimum absolute atomic E-state index is 0.0407. The molecule has 24 heavy (non-hydrogen) atoms. The summed E-state index contributed by atoms with van der Waals surface area (Å²) in [6.07, 6.45) is 1.73. The van der Waals surface area contributed by atoms with E-state index in [0.29, 0.717) is 13.2 Å². The van der Waals surface area contributed by atoms with E-state index in [2.05, 4.69) is 11.4 Å². The molecule has 2 aromatic rings. The first-order valence-electron chi connectivity index (χ1n) is 8.36. The summed E-state index contributed by atoms with van der Waals surface area (Å²) in [4.78, 5) is 11.8. The van der Waals surface area contributed by atoms with E-state index in [1.807, 2.05) is 56.3 Å². The van der Waals surface area contributed by atoms with Crippen molar-refractivity contribution < 1.29 is 14.3 Å². The van der Waals surface area contributed by atoms with Gasteiger partial charge < -0.3 is 14.8 Å². The highest BCUT2D eigenvalue weighted by atomic mass is 16.5. The third-order valence-electron chi connectivity index (χ3n) is 3.58. The lowest BCUT2D eigenvalue weighted by Crippen LogP contribution is -2.29. The smallest absolute Gasteiger partial charge is 0.257 e. The summed E-state index contributed by atoms with van der Waals surface area (Å²) in [5, 5.41) is 2.88. The molecule has 1 amide bonds. The van der Waals surface area contributed by atoms with Gasteiger partial charge in [0.2, 0.25) is 0 Å². The van der Waals surface area contributed by atoms with Crippen LogP contribution in [0.2, 0.25) is 0 Å². The van der Waals surface area contributed by atoms with Gasteiger partial charge in [-0.1, -0.05) is 30.3 Å². The quantitative estimate of drug-likeness (QED) is 0.717. The highest BCUT2D eigenvalue weighted by Crippen LogP contribution is 2.19. The maximum atomic E-state index is 11.8. The molecule has 0 aliphatic heterocycles. The van der Waals surface area contributed by atoms with E-state index >= 15 is 0 Å². The highest BCUT2D eigenvalue weighted by Gasteiger charge is 2.05. The molecular formula is C20H25NO3. The molecule has 2 aromatic carbocycles. The van der Waals surface area contributed by atoms with Gasteiger partial charge in [-0.2, -0.15) is 0 Å². The molecule has 0 bridgehead atoms. The number of para-hydroxylation sites is 1. The lowest BCUT2D eigenvalue weighted by molar-refractivity contribution is -0.123. The maximum Gasteiger partial charge on any atom is 0.257 e. The van der Waals surface area contributed by atoms with Crippen LogP contribution in [0.1, 0.15) is 24.5 Å². The van der Waals surface area contributed by atoms with Crippen molar-refractivity contribution in [2.24, 2.45) is 0 Å². The second-order valence-corrected chi connectivity index (χ2v) is 5.60. The molecule has 0 unspecified atom stereocenters. The Balaban J connectivity index is 1.68. The molecule has 1 N–H and O–H groups in total. The zero-order valence-corrected chi connectivity index (χ0v) is 14.4. The van der Waals surface area contributed by atoms with Gasteiger partial charge in [0.15, 0.2) is 6.61 Å². The van der Waals surface area contributed by atoms with Crippen LogP contribution in [0.15, 0.2) is 48.5 Å². The number of carbonyl (C=O) groups excluding carboxylic acids is 1. The van der Waals surface area contributed by atoms with Crippen LogP contribution in [0.5, 0.6) is 11.5 Å². The van der Waals surface area contributed by atoms with Crippen LogP contribution in [0.3, 0.4) is 0 Å². The Morgan fingerprint density at radius 1 is 1.08 bits per heavy atom. The standard InChI is InChI=1S/C20H25NO3/c1-3-23-19-12-5-4-9-17(19)10-7-13-21-20(22)15-24-18-11-6-8-16(2)14-18/h4-6,8-9,11-12,14H,3,7,10,13,15H2,1-2H3,(H,21,22). The number of hydrogen-bond acceptors (Lipinski definition) is 3. The Morgan fingerprint density at radius 2 is 1.92 bits per heavy atom. The molecule has 0 aliphatic rings. The summed E-state index contributed by atoms with van der Waals surface area (Å²) in [5.74, 6) is 1.54. The first kappa shape index (κ1) is 17.9. The Bertz CT molecular complexity index is 655. The van der Waals surface area contributed by atoms with E-state index in [4.69, 9.17) is 9.47 Å². The van der Waals surface area contributed by atoms with Crippen LogP contribution in [0.4, 0.5) is 0 Å². The zero-order chi connectivity index (χ0) is 17.2. The highest BCUT2D eigenvalue weighted by molar-refractivity contribution is 5.77. The fraction of sp³-hybridized carbons (Fsp3) is 0.350. The van der Waals surface area contributed by atoms with Gasteiger partial charge in [-0.25, -0.2) is 0 Å². The predicted molar refractivity (Wildman–Crippen MR) is 95.6 cm³/mol. The number of rotatable bonds is 9. The number of amides is 1. The average Bonchev–Trinajstić information content (AvgIpc) is 2.58. The molecule has 128 valence electrons. The van der Waals surface area contributed by atoms with Crippen LogP contribution in [-0.4, -0.2) is 25.7 Å². The first-order valence-corrected chi connectivity index (χ1v) is 8.36. The van der Waals surface area contributed by atoms with Gasteiger partial charge in [0.1, 0.15) is 11.5 Å². The summed E-state index contributed by atoms with van der Waals surface area (Å²) in [5.41, 5.74) is 2.28. The molecule has 0 saturated carbocycles. The minimum Gasteiger partial charge on any atom is -0.494 e. The Hall–Kier alpha value is -2.49. The summed E-state index contributed by atoms with van der Waals surface area (Å²) in [6.45, 7) is 5.29. The Kier molecular flexibility index (Phi) is 7.15. The molecule has 0 heterocycles.